The summed E-state index contributed by atoms with van der Waals surface area (Å²) < 4.78 is 0. The number of para-hydroxylation sites is 1. The van der Waals surface area contributed by atoms with Gasteiger partial charge >= 0.3 is 0 Å². The van der Waals surface area contributed by atoms with E-state index < -0.39 is 0 Å². The molecular weight excluding hydrogens is 262 g/mol. The maximum Gasteiger partial charge on any atom is 0.239 e. The molecule has 21 heavy (non-hydrogen) atoms. The third-order valence-electron chi connectivity index (χ3n) is 4.59. The Morgan fingerprint density at radius 1 is 1.24 bits per heavy atom. The molecule has 2 atom stereocenters. The molecule has 0 saturated carbocycles. The second-order valence-corrected chi connectivity index (χ2v) is 6.01. The van der Waals surface area contributed by atoms with E-state index in [1.807, 2.05) is 11.8 Å². The Morgan fingerprint density at radius 2 is 1.86 bits per heavy atom. The van der Waals surface area contributed by atoms with Gasteiger partial charge in [-0.15, -0.1) is 0 Å². The highest BCUT2D eigenvalue weighted by molar-refractivity contribution is 5.82. The van der Waals surface area contributed by atoms with Crippen molar-refractivity contribution in [2.45, 2.75) is 33.2 Å². The molecule has 0 spiro atoms. The number of amides is 1. The molecule has 1 heterocycles. The number of aryl methyl sites for hydroxylation is 1. The van der Waals surface area contributed by atoms with Crippen molar-refractivity contribution in [2.24, 2.45) is 11.7 Å². The molecule has 0 bridgehead atoms. The summed E-state index contributed by atoms with van der Waals surface area (Å²) in [5, 5.41) is 0. The van der Waals surface area contributed by atoms with E-state index in [2.05, 4.69) is 43.0 Å². The number of hydrogen-bond acceptors (Lipinski definition) is 3. The van der Waals surface area contributed by atoms with Crippen LogP contribution in [-0.2, 0) is 4.79 Å². The fraction of sp³-hybridized carbons (Fsp3) is 0.588. The summed E-state index contributed by atoms with van der Waals surface area (Å²) in [7, 11) is 0. The Balaban J connectivity index is 1.94. The van der Waals surface area contributed by atoms with Crippen molar-refractivity contribution in [2.75, 3.05) is 31.1 Å². The highest BCUT2D eigenvalue weighted by Gasteiger charge is 2.28. The molecule has 0 aromatic heterocycles. The Bertz CT molecular complexity index is 481. The molecule has 1 amide bonds. The van der Waals surface area contributed by atoms with Crippen molar-refractivity contribution in [3.05, 3.63) is 29.8 Å². The standard InChI is InChI=1S/C17H27N3O/c1-4-13(2)16(18)17(21)20-11-9-19(10-12-20)15-8-6-5-7-14(15)3/h5-8,13,16H,4,9-12,18H2,1-3H3/t13-,16-/m0/s1. The minimum Gasteiger partial charge on any atom is -0.368 e. The summed E-state index contributed by atoms with van der Waals surface area (Å²) in [5.74, 6) is 0.348. The molecule has 1 aliphatic rings. The molecular formula is C17H27N3O. The predicted molar refractivity (Wildman–Crippen MR) is 87.4 cm³/mol. The van der Waals surface area contributed by atoms with Gasteiger partial charge in [0.2, 0.25) is 5.91 Å². The molecule has 0 unspecified atom stereocenters. The molecule has 0 radical (unpaired) electrons. The summed E-state index contributed by atoms with van der Waals surface area (Å²) in [6.45, 7) is 9.54. The first-order chi connectivity index (χ1) is 10.0. The van der Waals surface area contributed by atoms with E-state index in [4.69, 9.17) is 5.73 Å². The molecule has 4 heteroatoms. The second kappa shape index (κ2) is 6.94. The fourth-order valence-corrected chi connectivity index (χ4v) is 2.79. The monoisotopic (exact) mass is 289 g/mol. The van der Waals surface area contributed by atoms with Crippen molar-refractivity contribution in [1.29, 1.82) is 0 Å². The van der Waals surface area contributed by atoms with E-state index in [9.17, 15) is 4.79 Å². The first-order valence-corrected chi connectivity index (χ1v) is 7.89. The van der Waals surface area contributed by atoms with Crippen molar-refractivity contribution < 1.29 is 4.79 Å². The van der Waals surface area contributed by atoms with Crippen LogP contribution in [0.3, 0.4) is 0 Å². The number of carbonyl (C=O) groups excluding carboxylic acids is 1. The minimum absolute atomic E-state index is 0.105. The molecule has 2 N–H and O–H groups in total. The summed E-state index contributed by atoms with van der Waals surface area (Å²) in [4.78, 5) is 16.7. The molecule has 1 aliphatic heterocycles. The number of hydrogen-bond donors (Lipinski definition) is 1. The van der Waals surface area contributed by atoms with Gasteiger partial charge in [0.1, 0.15) is 0 Å². The second-order valence-electron chi connectivity index (χ2n) is 6.01. The fourth-order valence-electron chi connectivity index (χ4n) is 2.79. The Kier molecular flexibility index (Phi) is 5.23. The zero-order valence-corrected chi connectivity index (χ0v) is 13.4. The van der Waals surface area contributed by atoms with E-state index in [1.54, 1.807) is 0 Å². The van der Waals surface area contributed by atoms with Gasteiger partial charge in [-0.3, -0.25) is 4.79 Å². The largest absolute Gasteiger partial charge is 0.368 e. The van der Waals surface area contributed by atoms with Crippen LogP contribution in [0.25, 0.3) is 0 Å². The highest BCUT2D eigenvalue weighted by Crippen LogP contribution is 2.21. The van der Waals surface area contributed by atoms with E-state index in [0.29, 0.717) is 0 Å². The smallest absolute Gasteiger partial charge is 0.239 e. The molecule has 0 aliphatic carbocycles. The van der Waals surface area contributed by atoms with Gasteiger partial charge in [0.05, 0.1) is 6.04 Å². The van der Waals surface area contributed by atoms with E-state index in [0.717, 1.165) is 32.6 Å². The summed E-state index contributed by atoms with van der Waals surface area (Å²) in [5.41, 5.74) is 8.63. The molecule has 116 valence electrons. The average molecular weight is 289 g/mol. The summed E-state index contributed by atoms with van der Waals surface area (Å²) in [6, 6.07) is 8.05. The van der Waals surface area contributed by atoms with Gasteiger partial charge in [-0.25, -0.2) is 0 Å². The number of carbonyl (C=O) groups is 1. The third-order valence-corrected chi connectivity index (χ3v) is 4.59. The van der Waals surface area contributed by atoms with Crippen LogP contribution in [0.15, 0.2) is 24.3 Å². The summed E-state index contributed by atoms with van der Waals surface area (Å²) in [6.07, 6.45) is 0.941. The number of piperazine rings is 1. The maximum absolute atomic E-state index is 12.4. The Hall–Kier alpha value is -1.55. The predicted octanol–water partition coefficient (Wildman–Crippen LogP) is 2.02. The third kappa shape index (κ3) is 3.56. The van der Waals surface area contributed by atoms with Gasteiger partial charge in [0.25, 0.3) is 0 Å². The van der Waals surface area contributed by atoms with Crippen LogP contribution in [0.4, 0.5) is 5.69 Å². The first-order valence-electron chi connectivity index (χ1n) is 7.89. The normalized spacial score (nSPS) is 18.5. The first kappa shape index (κ1) is 15.8. The quantitative estimate of drug-likeness (QED) is 0.922. The number of nitrogens with two attached hydrogens (primary N) is 1. The van der Waals surface area contributed by atoms with Crippen LogP contribution < -0.4 is 10.6 Å². The van der Waals surface area contributed by atoms with E-state index in [-0.39, 0.29) is 17.9 Å². The van der Waals surface area contributed by atoms with Crippen molar-refractivity contribution in [3.63, 3.8) is 0 Å². The van der Waals surface area contributed by atoms with Gasteiger partial charge in [-0.05, 0) is 24.5 Å². The molecule has 1 saturated heterocycles. The van der Waals surface area contributed by atoms with E-state index >= 15 is 0 Å². The Labute approximate surface area is 127 Å². The zero-order valence-electron chi connectivity index (χ0n) is 13.4. The van der Waals surface area contributed by atoms with Gasteiger partial charge < -0.3 is 15.5 Å². The lowest BCUT2D eigenvalue weighted by atomic mass is 9.98. The highest BCUT2D eigenvalue weighted by atomic mass is 16.2. The van der Waals surface area contributed by atoms with Gasteiger partial charge in [-0.2, -0.15) is 0 Å². The molecule has 1 fully saturated rings. The van der Waals surface area contributed by atoms with Crippen LogP contribution in [-0.4, -0.2) is 43.0 Å². The van der Waals surface area contributed by atoms with Crippen molar-refractivity contribution >= 4 is 11.6 Å². The zero-order chi connectivity index (χ0) is 15.4. The van der Waals surface area contributed by atoms with Crippen molar-refractivity contribution in [1.82, 2.24) is 4.90 Å². The summed E-state index contributed by atoms with van der Waals surface area (Å²) >= 11 is 0. The number of benzene rings is 1. The van der Waals surface area contributed by atoms with Crippen LogP contribution in [0, 0.1) is 12.8 Å². The number of anilines is 1. The number of rotatable bonds is 4. The average Bonchev–Trinajstić information content (AvgIpc) is 2.53. The lowest BCUT2D eigenvalue weighted by Crippen LogP contribution is -2.54. The Morgan fingerprint density at radius 3 is 2.43 bits per heavy atom. The van der Waals surface area contributed by atoms with Gasteiger partial charge in [0.15, 0.2) is 0 Å². The molecule has 2 rings (SSSR count). The topological polar surface area (TPSA) is 49.6 Å². The minimum atomic E-state index is -0.361. The molecule has 1 aromatic carbocycles. The van der Waals surface area contributed by atoms with Crippen LogP contribution in [0.5, 0.6) is 0 Å². The SMILES string of the molecule is CC[C@H](C)[C@H](N)C(=O)N1CCN(c2ccccc2C)CC1. The van der Waals surface area contributed by atoms with Gasteiger partial charge in [0, 0.05) is 31.9 Å². The van der Waals surface area contributed by atoms with Crippen LogP contribution >= 0.6 is 0 Å². The van der Waals surface area contributed by atoms with Gasteiger partial charge in [-0.1, -0.05) is 38.5 Å². The van der Waals surface area contributed by atoms with E-state index in [1.165, 1.54) is 11.3 Å². The molecule has 1 aromatic rings. The molecule has 4 nitrogen and oxygen atoms in total. The number of nitrogens with zero attached hydrogens (tertiary/aromatic N) is 2. The lowest BCUT2D eigenvalue weighted by Gasteiger charge is -2.38. The lowest BCUT2D eigenvalue weighted by molar-refractivity contribution is -0.134. The van der Waals surface area contributed by atoms with Crippen LogP contribution in [0.1, 0.15) is 25.8 Å². The maximum atomic E-state index is 12.4. The van der Waals surface area contributed by atoms with Crippen LogP contribution in [0.2, 0.25) is 0 Å². The van der Waals surface area contributed by atoms with Crippen molar-refractivity contribution in [3.8, 4) is 0 Å².